The fourth-order valence-electron chi connectivity index (χ4n) is 2.00. The maximum atomic E-state index is 11.0. The van der Waals surface area contributed by atoms with E-state index in [1.165, 1.54) is 20.3 Å². The molecule has 5 nitrogen and oxygen atoms in total. The summed E-state index contributed by atoms with van der Waals surface area (Å²) >= 11 is 6.10. The lowest BCUT2D eigenvalue weighted by Gasteiger charge is -2.13. The molecule has 0 bridgehead atoms. The third-order valence-electron chi connectivity index (χ3n) is 2.89. The third kappa shape index (κ3) is 2.32. The van der Waals surface area contributed by atoms with Gasteiger partial charge >= 0.3 is 5.97 Å². The number of carboxylic acids is 1. The first-order chi connectivity index (χ1) is 9.49. The summed E-state index contributed by atoms with van der Waals surface area (Å²) in [6.45, 7) is 1.67. The fraction of sp³-hybridized carbons (Fsp3) is 0.214. The Hall–Kier alpha value is -2.14. The second-order valence-corrected chi connectivity index (χ2v) is 4.45. The molecule has 0 radical (unpaired) electrons. The highest BCUT2D eigenvalue weighted by atomic mass is 35.5. The number of rotatable bonds is 4. The Morgan fingerprint density at radius 1 is 1.30 bits per heavy atom. The minimum absolute atomic E-state index is 0.151. The van der Waals surface area contributed by atoms with Crippen LogP contribution in [0.3, 0.4) is 0 Å². The van der Waals surface area contributed by atoms with E-state index in [1.807, 2.05) is 0 Å². The van der Waals surface area contributed by atoms with Crippen molar-refractivity contribution in [3.8, 4) is 22.6 Å². The molecular formula is C14H13ClO5. The Bertz CT molecular complexity index is 660. The van der Waals surface area contributed by atoms with Gasteiger partial charge in [0.15, 0.2) is 0 Å². The van der Waals surface area contributed by atoms with Crippen LogP contribution in [0.25, 0.3) is 11.1 Å². The number of furan rings is 1. The number of benzene rings is 1. The minimum atomic E-state index is -1.14. The second-order valence-electron chi connectivity index (χ2n) is 4.04. The van der Waals surface area contributed by atoms with Gasteiger partial charge in [0.1, 0.15) is 17.3 Å². The van der Waals surface area contributed by atoms with Gasteiger partial charge in [-0.1, -0.05) is 11.6 Å². The van der Waals surface area contributed by atoms with Crippen molar-refractivity contribution < 1.29 is 23.8 Å². The van der Waals surface area contributed by atoms with Crippen LogP contribution in [-0.4, -0.2) is 25.3 Å². The summed E-state index contributed by atoms with van der Waals surface area (Å²) in [6.07, 6.45) is 0. The Morgan fingerprint density at radius 3 is 2.50 bits per heavy atom. The van der Waals surface area contributed by atoms with Crippen LogP contribution in [0, 0.1) is 6.92 Å². The Morgan fingerprint density at radius 2 is 2.00 bits per heavy atom. The van der Waals surface area contributed by atoms with Crippen LogP contribution in [0.15, 0.2) is 22.6 Å². The number of halogens is 1. The zero-order valence-corrected chi connectivity index (χ0v) is 11.9. The molecule has 1 N–H and O–H groups in total. The number of hydrogen-bond acceptors (Lipinski definition) is 4. The van der Waals surface area contributed by atoms with Gasteiger partial charge in [-0.25, -0.2) is 4.79 Å². The van der Waals surface area contributed by atoms with E-state index >= 15 is 0 Å². The van der Waals surface area contributed by atoms with Gasteiger partial charge in [0, 0.05) is 5.56 Å². The number of carbonyl (C=O) groups is 1. The van der Waals surface area contributed by atoms with Crippen LogP contribution in [0.5, 0.6) is 11.5 Å². The molecule has 2 aromatic rings. The van der Waals surface area contributed by atoms with Crippen LogP contribution in [0.4, 0.5) is 0 Å². The molecule has 0 amide bonds. The van der Waals surface area contributed by atoms with Gasteiger partial charge < -0.3 is 19.0 Å². The van der Waals surface area contributed by atoms with Crippen molar-refractivity contribution in [3.63, 3.8) is 0 Å². The molecular weight excluding hydrogens is 284 g/mol. The molecule has 106 valence electrons. The Balaban J connectivity index is 2.73. The van der Waals surface area contributed by atoms with Crippen molar-refractivity contribution in [1.82, 2.24) is 0 Å². The standard InChI is InChI=1S/C14H13ClO5/c1-7-8(6-11(20-7)14(16)17)12-10(18-2)5-4-9(15)13(12)19-3/h4-6H,1-3H3,(H,16,17). The molecule has 0 aliphatic carbocycles. The van der Waals surface area contributed by atoms with Gasteiger partial charge in [0.2, 0.25) is 5.76 Å². The smallest absolute Gasteiger partial charge is 0.371 e. The molecule has 0 aliphatic heterocycles. The summed E-state index contributed by atoms with van der Waals surface area (Å²) in [5, 5.41) is 9.40. The van der Waals surface area contributed by atoms with Crippen molar-refractivity contribution >= 4 is 17.6 Å². The molecule has 0 aliphatic rings. The number of methoxy groups -OCH3 is 2. The lowest BCUT2D eigenvalue weighted by Crippen LogP contribution is -1.94. The zero-order valence-electron chi connectivity index (χ0n) is 11.2. The molecule has 0 atom stereocenters. The van der Waals surface area contributed by atoms with Crippen molar-refractivity contribution in [2.24, 2.45) is 0 Å². The number of hydrogen-bond donors (Lipinski definition) is 1. The summed E-state index contributed by atoms with van der Waals surface area (Å²) in [4.78, 5) is 11.0. The van der Waals surface area contributed by atoms with Gasteiger partial charge in [-0.3, -0.25) is 0 Å². The number of carboxylic acid groups (broad SMARTS) is 1. The normalized spacial score (nSPS) is 10.4. The fourth-order valence-corrected chi connectivity index (χ4v) is 2.23. The van der Waals surface area contributed by atoms with Crippen molar-refractivity contribution in [2.75, 3.05) is 14.2 Å². The Labute approximate surface area is 120 Å². The molecule has 0 spiro atoms. The topological polar surface area (TPSA) is 68.9 Å². The van der Waals surface area contributed by atoms with E-state index in [0.717, 1.165) is 0 Å². The molecule has 6 heteroatoms. The molecule has 0 fully saturated rings. The lowest BCUT2D eigenvalue weighted by molar-refractivity contribution is 0.0661. The molecule has 1 heterocycles. The van der Waals surface area contributed by atoms with Crippen LogP contribution in [0.1, 0.15) is 16.3 Å². The van der Waals surface area contributed by atoms with Gasteiger partial charge in [-0.2, -0.15) is 0 Å². The first-order valence-electron chi connectivity index (χ1n) is 5.74. The predicted molar refractivity (Wildman–Crippen MR) is 74.0 cm³/mol. The molecule has 0 saturated heterocycles. The molecule has 20 heavy (non-hydrogen) atoms. The van der Waals surface area contributed by atoms with E-state index in [0.29, 0.717) is 33.4 Å². The van der Waals surface area contributed by atoms with Crippen LogP contribution in [0.2, 0.25) is 5.02 Å². The maximum Gasteiger partial charge on any atom is 0.371 e. The van der Waals surface area contributed by atoms with E-state index in [4.69, 9.17) is 30.6 Å². The molecule has 0 saturated carbocycles. The molecule has 0 unspecified atom stereocenters. The average molecular weight is 297 g/mol. The van der Waals surface area contributed by atoms with Crippen molar-refractivity contribution in [3.05, 3.63) is 34.7 Å². The van der Waals surface area contributed by atoms with Crippen molar-refractivity contribution in [1.29, 1.82) is 0 Å². The summed E-state index contributed by atoms with van der Waals surface area (Å²) in [5.41, 5.74) is 1.13. The first-order valence-corrected chi connectivity index (χ1v) is 6.12. The van der Waals surface area contributed by atoms with E-state index in [-0.39, 0.29) is 5.76 Å². The highest BCUT2D eigenvalue weighted by Gasteiger charge is 2.22. The third-order valence-corrected chi connectivity index (χ3v) is 3.19. The minimum Gasteiger partial charge on any atom is -0.496 e. The molecule has 1 aromatic heterocycles. The maximum absolute atomic E-state index is 11.0. The van der Waals surface area contributed by atoms with Gasteiger partial charge in [-0.05, 0) is 25.1 Å². The number of aromatic carboxylic acids is 1. The quantitative estimate of drug-likeness (QED) is 0.933. The second kappa shape index (κ2) is 5.46. The lowest BCUT2D eigenvalue weighted by atomic mass is 10.0. The van der Waals surface area contributed by atoms with Gasteiger partial charge in [-0.15, -0.1) is 0 Å². The average Bonchev–Trinajstić information content (AvgIpc) is 2.80. The highest BCUT2D eigenvalue weighted by molar-refractivity contribution is 6.32. The van der Waals surface area contributed by atoms with Crippen molar-refractivity contribution in [2.45, 2.75) is 6.92 Å². The monoisotopic (exact) mass is 296 g/mol. The zero-order chi connectivity index (χ0) is 14.9. The molecule has 2 rings (SSSR count). The summed E-state index contributed by atoms with van der Waals surface area (Å²) in [6, 6.07) is 4.76. The number of aryl methyl sites for hydroxylation is 1. The largest absolute Gasteiger partial charge is 0.496 e. The summed E-state index contributed by atoms with van der Waals surface area (Å²) < 4.78 is 15.8. The van der Waals surface area contributed by atoms with Gasteiger partial charge in [0.05, 0.1) is 24.8 Å². The Kier molecular flexibility index (Phi) is 3.90. The van der Waals surface area contributed by atoms with E-state index in [2.05, 4.69) is 0 Å². The number of ether oxygens (including phenoxy) is 2. The van der Waals surface area contributed by atoms with Gasteiger partial charge in [0.25, 0.3) is 0 Å². The van der Waals surface area contributed by atoms with Crippen LogP contribution >= 0.6 is 11.6 Å². The van der Waals surface area contributed by atoms with E-state index in [9.17, 15) is 4.79 Å². The molecule has 1 aromatic carbocycles. The van der Waals surface area contributed by atoms with Crippen LogP contribution < -0.4 is 9.47 Å². The highest BCUT2D eigenvalue weighted by Crippen LogP contribution is 2.44. The summed E-state index contributed by atoms with van der Waals surface area (Å²) in [7, 11) is 3.00. The first kappa shape index (κ1) is 14.3. The van der Waals surface area contributed by atoms with E-state index in [1.54, 1.807) is 19.1 Å². The SMILES string of the molecule is COc1ccc(Cl)c(OC)c1-c1cc(C(=O)O)oc1C. The van der Waals surface area contributed by atoms with E-state index < -0.39 is 5.97 Å². The predicted octanol–water partition coefficient (Wildman–Crippen LogP) is 3.62. The van der Waals surface area contributed by atoms with Crippen LogP contribution in [-0.2, 0) is 0 Å². The summed E-state index contributed by atoms with van der Waals surface area (Å²) in [5.74, 6) is 0.0844.